The van der Waals surface area contributed by atoms with Gasteiger partial charge < -0.3 is 9.84 Å². The van der Waals surface area contributed by atoms with E-state index in [0.717, 1.165) is 11.3 Å². The quantitative estimate of drug-likeness (QED) is 0.913. The third-order valence-corrected chi connectivity index (χ3v) is 3.07. The minimum absolute atomic E-state index is 0.0877. The van der Waals surface area contributed by atoms with Gasteiger partial charge in [0.15, 0.2) is 0 Å². The van der Waals surface area contributed by atoms with Gasteiger partial charge in [-0.05, 0) is 29.2 Å². The molecule has 4 heteroatoms. The molecule has 3 nitrogen and oxygen atoms in total. The Kier molecular flexibility index (Phi) is 4.40. The highest BCUT2D eigenvalue weighted by molar-refractivity contribution is 6.31. The number of aromatic nitrogens is 1. The second-order valence-corrected chi connectivity index (χ2v) is 4.99. The van der Waals surface area contributed by atoms with Crippen molar-refractivity contribution in [3.8, 4) is 11.6 Å². The smallest absolute Gasteiger partial charge is 0.238 e. The molecular formula is C15H16ClNO2. The Bertz CT molecular complexity index is 570. The molecule has 0 aliphatic rings. The van der Waals surface area contributed by atoms with Crippen LogP contribution >= 0.6 is 11.6 Å². The van der Waals surface area contributed by atoms with E-state index < -0.39 is 0 Å². The second kappa shape index (κ2) is 6.04. The lowest BCUT2D eigenvalue weighted by atomic mass is 10.0. The van der Waals surface area contributed by atoms with E-state index >= 15 is 0 Å². The topological polar surface area (TPSA) is 42.4 Å². The zero-order valence-electron chi connectivity index (χ0n) is 10.9. The SMILES string of the molecule is CC(C)c1ccccc1Oc1ncc(CO)cc1Cl. The molecule has 0 radical (unpaired) electrons. The Morgan fingerprint density at radius 3 is 2.68 bits per heavy atom. The average Bonchev–Trinajstić information content (AvgIpc) is 2.41. The lowest BCUT2D eigenvalue weighted by Gasteiger charge is -2.13. The predicted molar refractivity (Wildman–Crippen MR) is 75.8 cm³/mol. The Morgan fingerprint density at radius 1 is 1.32 bits per heavy atom. The molecule has 1 aromatic carbocycles. The highest BCUT2D eigenvalue weighted by Gasteiger charge is 2.11. The van der Waals surface area contributed by atoms with Gasteiger partial charge in [0.1, 0.15) is 10.8 Å². The maximum atomic E-state index is 9.02. The van der Waals surface area contributed by atoms with Crippen LogP contribution < -0.4 is 4.74 Å². The van der Waals surface area contributed by atoms with Gasteiger partial charge in [0.2, 0.25) is 5.88 Å². The zero-order chi connectivity index (χ0) is 13.8. The van der Waals surface area contributed by atoms with E-state index in [2.05, 4.69) is 18.8 Å². The molecule has 0 aliphatic carbocycles. The zero-order valence-corrected chi connectivity index (χ0v) is 11.7. The number of halogens is 1. The first-order valence-electron chi connectivity index (χ1n) is 6.14. The molecule has 0 unspecified atom stereocenters. The van der Waals surface area contributed by atoms with Gasteiger partial charge in [-0.15, -0.1) is 0 Å². The second-order valence-electron chi connectivity index (χ2n) is 4.58. The van der Waals surface area contributed by atoms with Gasteiger partial charge in [0.25, 0.3) is 0 Å². The van der Waals surface area contributed by atoms with E-state index in [1.807, 2.05) is 24.3 Å². The Balaban J connectivity index is 2.31. The number of ether oxygens (including phenoxy) is 1. The number of hydrogen-bond donors (Lipinski definition) is 1. The van der Waals surface area contributed by atoms with Gasteiger partial charge in [0, 0.05) is 6.20 Å². The summed E-state index contributed by atoms with van der Waals surface area (Å²) < 4.78 is 5.78. The van der Waals surface area contributed by atoms with Crippen LogP contribution in [0, 0.1) is 0 Å². The highest BCUT2D eigenvalue weighted by atomic mass is 35.5. The molecule has 0 fully saturated rings. The van der Waals surface area contributed by atoms with Crippen molar-refractivity contribution < 1.29 is 9.84 Å². The maximum Gasteiger partial charge on any atom is 0.238 e. The van der Waals surface area contributed by atoms with Crippen molar-refractivity contribution >= 4 is 11.6 Å². The van der Waals surface area contributed by atoms with Crippen LogP contribution in [0.5, 0.6) is 11.6 Å². The number of rotatable bonds is 4. The summed E-state index contributed by atoms with van der Waals surface area (Å²) in [5.74, 6) is 1.46. The summed E-state index contributed by atoms with van der Waals surface area (Å²) in [6.07, 6.45) is 1.55. The van der Waals surface area contributed by atoms with E-state index in [0.29, 0.717) is 22.4 Å². The summed E-state index contributed by atoms with van der Waals surface area (Å²) in [5, 5.41) is 9.41. The van der Waals surface area contributed by atoms with E-state index in [1.54, 1.807) is 12.3 Å². The first-order valence-corrected chi connectivity index (χ1v) is 6.51. The minimum Gasteiger partial charge on any atom is -0.437 e. The van der Waals surface area contributed by atoms with E-state index in [9.17, 15) is 0 Å². The summed E-state index contributed by atoms with van der Waals surface area (Å²) >= 11 is 6.09. The van der Waals surface area contributed by atoms with Crippen molar-refractivity contribution in [1.82, 2.24) is 4.98 Å². The van der Waals surface area contributed by atoms with Crippen LogP contribution in [0.3, 0.4) is 0 Å². The van der Waals surface area contributed by atoms with Crippen LogP contribution in [0.2, 0.25) is 5.02 Å². The fourth-order valence-corrected chi connectivity index (χ4v) is 2.01. The molecule has 0 aliphatic heterocycles. The molecule has 0 atom stereocenters. The lowest BCUT2D eigenvalue weighted by molar-refractivity contribution is 0.281. The fourth-order valence-electron chi connectivity index (χ4n) is 1.78. The van der Waals surface area contributed by atoms with Crippen molar-refractivity contribution in [2.24, 2.45) is 0 Å². The number of para-hydroxylation sites is 1. The summed E-state index contributed by atoms with van der Waals surface area (Å²) in [6, 6.07) is 9.47. The maximum absolute atomic E-state index is 9.02. The predicted octanol–water partition coefficient (Wildman–Crippen LogP) is 4.14. The van der Waals surface area contributed by atoms with Crippen molar-refractivity contribution in [3.05, 3.63) is 52.7 Å². The van der Waals surface area contributed by atoms with E-state index in [1.165, 1.54) is 0 Å². The van der Waals surface area contributed by atoms with Gasteiger partial charge in [0.05, 0.1) is 6.61 Å². The standard InChI is InChI=1S/C15H16ClNO2/c1-10(2)12-5-3-4-6-14(12)19-15-13(16)7-11(9-18)8-17-15/h3-8,10,18H,9H2,1-2H3. The molecule has 0 saturated heterocycles. The van der Waals surface area contributed by atoms with Crippen LogP contribution in [0.15, 0.2) is 36.5 Å². The number of benzene rings is 1. The van der Waals surface area contributed by atoms with Gasteiger partial charge in [-0.3, -0.25) is 0 Å². The van der Waals surface area contributed by atoms with Gasteiger partial charge in [-0.25, -0.2) is 4.98 Å². The van der Waals surface area contributed by atoms with Crippen LogP contribution in [-0.2, 0) is 6.61 Å². The van der Waals surface area contributed by atoms with Crippen LogP contribution in [-0.4, -0.2) is 10.1 Å². The fraction of sp³-hybridized carbons (Fsp3) is 0.267. The molecule has 1 aromatic heterocycles. The summed E-state index contributed by atoms with van der Waals surface area (Å²) in [6.45, 7) is 4.12. The average molecular weight is 278 g/mol. The summed E-state index contributed by atoms with van der Waals surface area (Å²) in [4.78, 5) is 4.13. The Morgan fingerprint density at radius 2 is 2.05 bits per heavy atom. The molecule has 0 spiro atoms. The number of aliphatic hydroxyl groups is 1. The number of pyridine rings is 1. The van der Waals surface area contributed by atoms with Crippen LogP contribution in [0.25, 0.3) is 0 Å². The van der Waals surface area contributed by atoms with Crippen molar-refractivity contribution in [2.75, 3.05) is 0 Å². The Labute approximate surface area is 117 Å². The van der Waals surface area contributed by atoms with Crippen LogP contribution in [0.4, 0.5) is 0 Å². The van der Waals surface area contributed by atoms with Crippen LogP contribution in [0.1, 0.15) is 30.9 Å². The first kappa shape index (κ1) is 13.8. The van der Waals surface area contributed by atoms with Gasteiger partial charge in [-0.2, -0.15) is 0 Å². The van der Waals surface area contributed by atoms with Gasteiger partial charge >= 0.3 is 0 Å². The molecule has 19 heavy (non-hydrogen) atoms. The molecule has 0 amide bonds. The number of hydrogen-bond acceptors (Lipinski definition) is 3. The molecular weight excluding hydrogens is 262 g/mol. The summed E-state index contributed by atoms with van der Waals surface area (Å²) in [7, 11) is 0. The molecule has 2 rings (SSSR count). The Hall–Kier alpha value is -1.58. The molecule has 1 heterocycles. The van der Waals surface area contributed by atoms with Gasteiger partial charge in [-0.1, -0.05) is 43.6 Å². The minimum atomic E-state index is -0.0877. The largest absolute Gasteiger partial charge is 0.437 e. The number of nitrogens with zero attached hydrogens (tertiary/aromatic N) is 1. The number of aliphatic hydroxyl groups excluding tert-OH is 1. The van der Waals surface area contributed by atoms with Crippen molar-refractivity contribution in [2.45, 2.75) is 26.4 Å². The highest BCUT2D eigenvalue weighted by Crippen LogP contribution is 2.32. The third-order valence-electron chi connectivity index (χ3n) is 2.79. The van der Waals surface area contributed by atoms with Crippen molar-refractivity contribution in [1.29, 1.82) is 0 Å². The molecule has 100 valence electrons. The van der Waals surface area contributed by atoms with E-state index in [-0.39, 0.29) is 6.61 Å². The normalized spacial score (nSPS) is 10.8. The first-order chi connectivity index (χ1) is 9.11. The van der Waals surface area contributed by atoms with Crippen molar-refractivity contribution in [3.63, 3.8) is 0 Å². The molecule has 1 N–H and O–H groups in total. The molecule has 0 bridgehead atoms. The summed E-state index contributed by atoms with van der Waals surface area (Å²) in [5.41, 5.74) is 1.76. The third kappa shape index (κ3) is 3.25. The monoisotopic (exact) mass is 277 g/mol. The van der Waals surface area contributed by atoms with E-state index in [4.69, 9.17) is 21.4 Å². The lowest BCUT2D eigenvalue weighted by Crippen LogP contribution is -1.96. The molecule has 2 aromatic rings. The molecule has 0 saturated carbocycles.